The van der Waals surface area contributed by atoms with E-state index in [9.17, 15) is 25.5 Å². The average Bonchev–Trinajstić information content (AvgIpc) is 2.99. The molecule has 0 saturated heterocycles. The van der Waals surface area contributed by atoms with E-state index >= 15 is 0 Å². The van der Waals surface area contributed by atoms with Crippen molar-refractivity contribution < 1.29 is 40.1 Å². The molecule has 0 spiro atoms. The summed E-state index contributed by atoms with van der Waals surface area (Å²) in [4.78, 5) is 0. The van der Waals surface area contributed by atoms with E-state index in [1.807, 2.05) is 0 Å². The van der Waals surface area contributed by atoms with E-state index < -0.39 is 36.8 Å². The van der Waals surface area contributed by atoms with Gasteiger partial charge < -0.3 is 40.1 Å². The molecule has 8 heteroatoms. The van der Waals surface area contributed by atoms with Crippen molar-refractivity contribution >= 4 is 6.08 Å². The Labute approximate surface area is 126 Å². The number of hydrogen-bond acceptors (Lipinski definition) is 8. The number of aliphatic hydroxyl groups is 6. The molecule has 1 aliphatic heterocycles. The lowest BCUT2D eigenvalue weighted by molar-refractivity contribution is -0.112. The summed E-state index contributed by atoms with van der Waals surface area (Å²) in [5.74, 6) is 0.418. The van der Waals surface area contributed by atoms with Gasteiger partial charge in [-0.15, -0.1) is 0 Å². The Kier molecular flexibility index (Phi) is 5.22. The molecule has 0 bridgehead atoms. The monoisotopic (exact) mass is 314 g/mol. The molecular formula is C14H18O8. The molecule has 1 aliphatic rings. The van der Waals surface area contributed by atoms with E-state index in [1.165, 1.54) is 6.08 Å². The highest BCUT2D eigenvalue weighted by atomic mass is 16.7. The van der Waals surface area contributed by atoms with Gasteiger partial charge in [-0.2, -0.15) is 0 Å². The molecule has 1 heterocycles. The summed E-state index contributed by atoms with van der Waals surface area (Å²) in [6.07, 6.45) is -5.97. The number of rotatable bonds is 6. The van der Waals surface area contributed by atoms with Gasteiger partial charge in [0.25, 0.3) is 0 Å². The molecular weight excluding hydrogens is 296 g/mol. The van der Waals surface area contributed by atoms with Gasteiger partial charge in [0.05, 0.1) is 6.61 Å². The summed E-state index contributed by atoms with van der Waals surface area (Å²) in [6, 6.07) is 4.78. The molecule has 122 valence electrons. The minimum Gasteiger partial charge on any atom is -0.509 e. The van der Waals surface area contributed by atoms with Crippen molar-refractivity contribution in [3.05, 3.63) is 29.5 Å². The van der Waals surface area contributed by atoms with Crippen LogP contribution in [0.3, 0.4) is 0 Å². The number of fused-ring (bicyclic) bond motifs is 1. The van der Waals surface area contributed by atoms with Crippen LogP contribution in [0.25, 0.3) is 6.08 Å². The van der Waals surface area contributed by atoms with E-state index in [2.05, 4.69) is 0 Å². The normalized spacial score (nSPS) is 19.6. The van der Waals surface area contributed by atoms with Crippen LogP contribution in [0.1, 0.15) is 5.56 Å². The summed E-state index contributed by atoms with van der Waals surface area (Å²) in [6.45, 7) is -0.696. The summed E-state index contributed by atoms with van der Waals surface area (Å²) < 4.78 is 10.3. The Hall–Kier alpha value is -1.84. The van der Waals surface area contributed by atoms with Crippen LogP contribution in [0.4, 0.5) is 0 Å². The van der Waals surface area contributed by atoms with E-state index in [-0.39, 0.29) is 6.79 Å². The number of aliphatic hydroxyl groups excluding tert-OH is 6. The molecule has 0 fully saturated rings. The summed E-state index contributed by atoms with van der Waals surface area (Å²) >= 11 is 0. The van der Waals surface area contributed by atoms with E-state index in [0.717, 1.165) is 0 Å². The molecule has 1 aromatic carbocycles. The first-order valence-corrected chi connectivity index (χ1v) is 6.57. The Morgan fingerprint density at radius 1 is 1.09 bits per heavy atom. The highest BCUT2D eigenvalue weighted by Gasteiger charge is 2.32. The fourth-order valence-corrected chi connectivity index (χ4v) is 1.96. The standard InChI is InChI=1S/C14H18O8/c15-5-9(17)13(19)14(20)12(18)8(16)3-7-1-2-10-11(4-7)22-6-21-10/h1-4,9,12-20H,5-6H2. The van der Waals surface area contributed by atoms with Gasteiger partial charge in [0.1, 0.15) is 30.2 Å². The quantitative estimate of drug-likeness (QED) is 0.358. The first-order valence-electron chi connectivity index (χ1n) is 6.57. The largest absolute Gasteiger partial charge is 0.509 e. The molecule has 22 heavy (non-hydrogen) atoms. The maximum absolute atomic E-state index is 9.82. The lowest BCUT2D eigenvalue weighted by Gasteiger charge is -2.25. The number of hydrogen-bond donors (Lipinski definition) is 6. The molecule has 4 unspecified atom stereocenters. The molecule has 0 amide bonds. The highest BCUT2D eigenvalue weighted by Crippen LogP contribution is 2.33. The molecule has 0 aromatic heterocycles. The Balaban J connectivity index is 2.10. The van der Waals surface area contributed by atoms with Crippen molar-refractivity contribution in [2.24, 2.45) is 0 Å². The molecule has 0 radical (unpaired) electrons. The van der Waals surface area contributed by atoms with Crippen LogP contribution < -0.4 is 9.47 Å². The fourth-order valence-electron chi connectivity index (χ4n) is 1.96. The van der Waals surface area contributed by atoms with Crippen LogP contribution in [-0.2, 0) is 0 Å². The van der Waals surface area contributed by atoms with Gasteiger partial charge >= 0.3 is 0 Å². The van der Waals surface area contributed by atoms with Crippen LogP contribution in [0, 0.1) is 0 Å². The lowest BCUT2D eigenvalue weighted by Crippen LogP contribution is -2.46. The van der Waals surface area contributed by atoms with Gasteiger partial charge in [0.15, 0.2) is 11.5 Å². The smallest absolute Gasteiger partial charge is 0.231 e. The Bertz CT molecular complexity index is 544. The van der Waals surface area contributed by atoms with Crippen molar-refractivity contribution in [3.8, 4) is 11.5 Å². The van der Waals surface area contributed by atoms with Gasteiger partial charge in [-0.05, 0) is 23.8 Å². The second-order valence-electron chi connectivity index (χ2n) is 4.86. The topological polar surface area (TPSA) is 140 Å². The molecule has 6 N–H and O–H groups in total. The maximum Gasteiger partial charge on any atom is 0.231 e. The van der Waals surface area contributed by atoms with Crippen LogP contribution in [0.5, 0.6) is 11.5 Å². The van der Waals surface area contributed by atoms with Crippen LogP contribution in [0.2, 0.25) is 0 Å². The minimum absolute atomic E-state index is 0.0983. The minimum atomic E-state index is -1.87. The van der Waals surface area contributed by atoms with Crippen molar-refractivity contribution in [3.63, 3.8) is 0 Å². The lowest BCUT2D eigenvalue weighted by atomic mass is 10.0. The third-order valence-corrected chi connectivity index (χ3v) is 3.27. The molecule has 0 aliphatic carbocycles. The second-order valence-corrected chi connectivity index (χ2v) is 4.86. The number of ether oxygens (including phenoxy) is 2. The average molecular weight is 314 g/mol. The first-order chi connectivity index (χ1) is 10.4. The van der Waals surface area contributed by atoms with E-state index in [4.69, 9.17) is 14.6 Å². The predicted molar refractivity (Wildman–Crippen MR) is 74.3 cm³/mol. The van der Waals surface area contributed by atoms with Crippen LogP contribution in [0.15, 0.2) is 24.0 Å². The van der Waals surface area contributed by atoms with Crippen molar-refractivity contribution in [1.29, 1.82) is 0 Å². The summed E-state index contributed by atoms with van der Waals surface area (Å²) in [5, 5.41) is 56.7. The third-order valence-electron chi connectivity index (χ3n) is 3.27. The second kappa shape index (κ2) is 6.95. The van der Waals surface area contributed by atoms with Gasteiger partial charge in [-0.25, -0.2) is 0 Å². The Morgan fingerprint density at radius 2 is 1.77 bits per heavy atom. The first kappa shape index (κ1) is 16.5. The molecule has 4 atom stereocenters. The Morgan fingerprint density at radius 3 is 2.45 bits per heavy atom. The van der Waals surface area contributed by atoms with Gasteiger partial charge in [-0.1, -0.05) is 6.07 Å². The molecule has 0 saturated carbocycles. The zero-order valence-corrected chi connectivity index (χ0v) is 11.5. The van der Waals surface area contributed by atoms with Gasteiger partial charge in [-0.3, -0.25) is 0 Å². The number of benzene rings is 1. The summed E-state index contributed by atoms with van der Waals surface area (Å²) in [5.41, 5.74) is 0.477. The predicted octanol–water partition coefficient (Wildman–Crippen LogP) is -1.25. The fraction of sp³-hybridized carbons (Fsp3) is 0.429. The molecule has 1 aromatic rings. The van der Waals surface area contributed by atoms with Gasteiger partial charge in [0, 0.05) is 0 Å². The zero-order valence-electron chi connectivity index (χ0n) is 11.5. The zero-order chi connectivity index (χ0) is 16.3. The maximum atomic E-state index is 9.82. The summed E-state index contributed by atoms with van der Waals surface area (Å²) in [7, 11) is 0. The van der Waals surface area contributed by atoms with E-state index in [1.54, 1.807) is 18.2 Å². The van der Waals surface area contributed by atoms with Crippen molar-refractivity contribution in [1.82, 2.24) is 0 Å². The SMILES string of the molecule is OCC(O)C(O)C(O)C(O)C(O)=Cc1ccc2c(c1)OCO2. The van der Waals surface area contributed by atoms with Crippen molar-refractivity contribution in [2.75, 3.05) is 13.4 Å². The van der Waals surface area contributed by atoms with Crippen molar-refractivity contribution in [2.45, 2.75) is 24.4 Å². The van der Waals surface area contributed by atoms with Crippen LogP contribution >= 0.6 is 0 Å². The molecule has 8 nitrogen and oxygen atoms in total. The third kappa shape index (κ3) is 3.49. The van der Waals surface area contributed by atoms with E-state index in [0.29, 0.717) is 17.1 Å². The van der Waals surface area contributed by atoms with Gasteiger partial charge in [0.2, 0.25) is 6.79 Å². The molecule has 2 rings (SSSR count). The van der Waals surface area contributed by atoms with Crippen LogP contribution in [-0.4, -0.2) is 68.5 Å². The highest BCUT2D eigenvalue weighted by molar-refractivity contribution is 5.58.